The van der Waals surface area contributed by atoms with Crippen molar-refractivity contribution in [2.45, 2.75) is 0 Å². The fourth-order valence-electron chi connectivity index (χ4n) is 1.73. The maximum atomic E-state index is 12.1. The van der Waals surface area contributed by atoms with Gasteiger partial charge in [-0.3, -0.25) is 24.6 Å². The Labute approximate surface area is 147 Å². The Morgan fingerprint density at radius 3 is 2.74 bits per heavy atom. The van der Waals surface area contributed by atoms with Crippen LogP contribution in [0.3, 0.4) is 0 Å². The van der Waals surface area contributed by atoms with Gasteiger partial charge in [0.2, 0.25) is 0 Å². The number of nitro groups is 1. The van der Waals surface area contributed by atoms with Crippen LogP contribution in [0.2, 0.25) is 0 Å². The van der Waals surface area contributed by atoms with E-state index in [0.29, 0.717) is 0 Å². The second-order valence-electron chi connectivity index (χ2n) is 4.28. The molecule has 0 aliphatic carbocycles. The third-order valence-corrected chi connectivity index (χ3v) is 4.72. The molecule has 0 spiro atoms. The second kappa shape index (κ2) is 6.64. The van der Waals surface area contributed by atoms with Gasteiger partial charge in [-0.1, -0.05) is 24.0 Å². The van der Waals surface area contributed by atoms with Crippen molar-refractivity contribution in [3.63, 3.8) is 0 Å². The highest BCUT2D eigenvalue weighted by Crippen LogP contribution is 2.38. The lowest BCUT2D eigenvalue weighted by atomic mass is 10.1. The molecule has 0 aromatic heterocycles. The summed E-state index contributed by atoms with van der Waals surface area (Å²) in [7, 11) is 0. The van der Waals surface area contributed by atoms with E-state index in [-0.39, 0.29) is 30.7 Å². The van der Waals surface area contributed by atoms with Crippen molar-refractivity contribution in [3.8, 4) is 5.75 Å². The molecule has 0 saturated carbocycles. The van der Waals surface area contributed by atoms with Gasteiger partial charge in [0.25, 0.3) is 11.6 Å². The van der Waals surface area contributed by atoms with E-state index in [1.54, 1.807) is 0 Å². The second-order valence-corrected chi connectivity index (χ2v) is 6.81. The van der Waals surface area contributed by atoms with Crippen molar-refractivity contribution in [3.05, 3.63) is 37.2 Å². The number of non-ortho nitro benzene ring substituents is 1. The van der Waals surface area contributed by atoms with Gasteiger partial charge in [-0.2, -0.15) is 0 Å². The summed E-state index contributed by atoms with van der Waals surface area (Å²) in [5.41, 5.74) is -0.233. The van der Waals surface area contributed by atoms with Crippen molar-refractivity contribution in [1.29, 1.82) is 0 Å². The average Bonchev–Trinajstić information content (AvgIpc) is 2.70. The summed E-state index contributed by atoms with van der Waals surface area (Å²) in [6.45, 7) is -0.577. The first-order valence-electron chi connectivity index (χ1n) is 5.84. The molecular weight excluding hydrogens is 412 g/mol. The molecule has 1 amide bonds. The minimum Gasteiger partial charge on any atom is -0.506 e. The number of nitro benzene ring substituents is 1. The summed E-state index contributed by atoms with van der Waals surface area (Å²) in [6.07, 6.45) is 1.23. The average molecular weight is 419 g/mol. The van der Waals surface area contributed by atoms with Gasteiger partial charge in [-0.15, -0.1) is 0 Å². The highest BCUT2D eigenvalue weighted by molar-refractivity contribution is 9.10. The number of aromatic hydroxyl groups is 1. The molecule has 1 aliphatic rings. The number of benzene rings is 1. The number of hydrogen-bond acceptors (Lipinski definition) is 7. The first kappa shape index (κ1) is 17.4. The van der Waals surface area contributed by atoms with Crippen molar-refractivity contribution in [1.82, 2.24) is 4.90 Å². The topological polar surface area (TPSA) is 121 Å². The highest BCUT2D eigenvalue weighted by atomic mass is 79.9. The van der Waals surface area contributed by atoms with Gasteiger partial charge < -0.3 is 10.2 Å². The number of hydrogen-bond donors (Lipinski definition) is 2. The highest BCUT2D eigenvalue weighted by Gasteiger charge is 2.33. The van der Waals surface area contributed by atoms with E-state index < -0.39 is 23.3 Å². The predicted molar refractivity (Wildman–Crippen MR) is 90.0 cm³/mol. The molecule has 0 atom stereocenters. The van der Waals surface area contributed by atoms with Crippen LogP contribution in [-0.2, 0) is 9.59 Å². The number of carboxylic acids is 1. The lowest BCUT2D eigenvalue weighted by molar-refractivity contribution is -0.385. The molecule has 1 fully saturated rings. The number of nitrogens with zero attached hydrogens (tertiary/aromatic N) is 2. The van der Waals surface area contributed by atoms with E-state index >= 15 is 0 Å². The molecule has 1 aliphatic heterocycles. The Kier molecular flexibility index (Phi) is 5.02. The van der Waals surface area contributed by atoms with Crippen LogP contribution in [-0.4, -0.2) is 42.8 Å². The van der Waals surface area contributed by atoms with Gasteiger partial charge >= 0.3 is 5.97 Å². The molecule has 1 saturated heterocycles. The molecule has 0 radical (unpaired) electrons. The van der Waals surface area contributed by atoms with Crippen LogP contribution < -0.4 is 0 Å². The van der Waals surface area contributed by atoms with Crippen LogP contribution in [0.5, 0.6) is 5.75 Å². The minimum absolute atomic E-state index is 0.0434. The zero-order chi connectivity index (χ0) is 17.3. The van der Waals surface area contributed by atoms with Crippen molar-refractivity contribution in [2.24, 2.45) is 0 Å². The van der Waals surface area contributed by atoms with Crippen molar-refractivity contribution >= 4 is 67.9 Å². The summed E-state index contributed by atoms with van der Waals surface area (Å²) < 4.78 is 0.159. The number of carboxylic acid groups (broad SMARTS) is 1. The van der Waals surface area contributed by atoms with Crippen molar-refractivity contribution in [2.75, 3.05) is 6.54 Å². The lowest BCUT2D eigenvalue weighted by Gasteiger charge is -2.10. The summed E-state index contributed by atoms with van der Waals surface area (Å²) in [5, 5.41) is 29.6. The molecule has 0 unspecified atom stereocenters. The van der Waals surface area contributed by atoms with Gasteiger partial charge in [0, 0.05) is 17.7 Å². The Morgan fingerprint density at radius 1 is 1.52 bits per heavy atom. The molecule has 11 heteroatoms. The molecular formula is C12H7BrN2O6S2. The minimum atomic E-state index is -1.22. The monoisotopic (exact) mass is 418 g/mol. The SMILES string of the molecule is O=C(O)CN1C(=O)/C(=C\c2cc([N+](=O)[O-])cc(Br)c2O)SC1=S. The van der Waals surface area contributed by atoms with Gasteiger partial charge in [-0.05, 0) is 22.0 Å². The van der Waals surface area contributed by atoms with E-state index in [9.17, 15) is 24.8 Å². The summed E-state index contributed by atoms with van der Waals surface area (Å²) in [6, 6.07) is 2.23. The zero-order valence-corrected chi connectivity index (χ0v) is 14.3. The third kappa shape index (κ3) is 3.68. The van der Waals surface area contributed by atoms with Crippen molar-refractivity contribution < 1.29 is 24.7 Å². The summed E-state index contributed by atoms with van der Waals surface area (Å²) in [5.74, 6) is -2.13. The third-order valence-electron chi connectivity index (χ3n) is 2.74. The van der Waals surface area contributed by atoms with Gasteiger partial charge in [-0.25, -0.2) is 0 Å². The number of halogens is 1. The molecule has 8 nitrogen and oxygen atoms in total. The molecule has 1 aromatic rings. The molecule has 1 heterocycles. The standard InChI is InChI=1S/C12H7BrN2O6S2/c13-7-3-6(15(20)21)1-5(10(7)18)2-8-11(19)14(4-9(16)17)12(22)23-8/h1-3,18H,4H2,(H,16,17)/b8-2+. The van der Waals surface area contributed by atoms with Crippen LogP contribution in [0.15, 0.2) is 21.5 Å². The number of thiocarbonyl (C=S) groups is 1. The van der Waals surface area contributed by atoms with Gasteiger partial charge in [0.15, 0.2) is 0 Å². The Bertz CT molecular complexity index is 779. The van der Waals surface area contributed by atoms with E-state index in [4.69, 9.17) is 17.3 Å². The molecule has 2 N–H and O–H groups in total. The number of amides is 1. The maximum Gasteiger partial charge on any atom is 0.323 e. The van der Waals surface area contributed by atoms with E-state index in [0.717, 1.165) is 28.8 Å². The van der Waals surface area contributed by atoms with Gasteiger partial charge in [0.1, 0.15) is 16.6 Å². The molecule has 120 valence electrons. The first-order valence-corrected chi connectivity index (χ1v) is 7.86. The van der Waals surface area contributed by atoms with Crippen LogP contribution in [0.1, 0.15) is 5.56 Å². The molecule has 23 heavy (non-hydrogen) atoms. The van der Waals surface area contributed by atoms with Gasteiger partial charge in [0.05, 0.1) is 14.3 Å². The summed E-state index contributed by atoms with van der Waals surface area (Å²) in [4.78, 5) is 34.0. The largest absolute Gasteiger partial charge is 0.506 e. The zero-order valence-electron chi connectivity index (χ0n) is 11.1. The molecule has 2 rings (SSSR count). The number of thioether (sulfide) groups is 1. The number of aliphatic carboxylic acids is 1. The molecule has 1 aromatic carbocycles. The number of carbonyl (C=O) groups excluding carboxylic acids is 1. The fourth-order valence-corrected chi connectivity index (χ4v) is 3.44. The number of phenols is 1. The smallest absolute Gasteiger partial charge is 0.323 e. The predicted octanol–water partition coefficient (Wildman–Crippen LogP) is 2.35. The van der Waals surface area contributed by atoms with E-state index in [2.05, 4.69) is 15.9 Å². The van der Waals surface area contributed by atoms with Crippen LogP contribution in [0.25, 0.3) is 6.08 Å². The summed E-state index contributed by atoms with van der Waals surface area (Å²) >= 11 is 8.79. The number of carbonyl (C=O) groups is 2. The van der Waals surface area contributed by atoms with Crippen LogP contribution in [0.4, 0.5) is 5.69 Å². The lowest BCUT2D eigenvalue weighted by Crippen LogP contribution is -2.33. The molecule has 0 bridgehead atoms. The first-order chi connectivity index (χ1) is 10.7. The van der Waals surface area contributed by atoms with E-state index in [1.165, 1.54) is 6.08 Å². The Balaban J connectivity index is 2.43. The van der Waals surface area contributed by atoms with E-state index in [1.807, 2.05) is 0 Å². The maximum absolute atomic E-state index is 12.1. The van der Waals surface area contributed by atoms with Crippen LogP contribution >= 0.6 is 39.9 Å². The number of phenolic OH excluding ortho intramolecular Hbond substituents is 1. The quantitative estimate of drug-likeness (QED) is 0.330. The fraction of sp³-hybridized carbons (Fsp3) is 0.0833. The Hall–Kier alpha value is -1.98. The Morgan fingerprint density at radius 2 is 2.17 bits per heavy atom. The van der Waals surface area contributed by atoms with Crippen LogP contribution in [0, 0.1) is 10.1 Å². The normalized spacial score (nSPS) is 16.2. The number of rotatable bonds is 4.